The summed E-state index contributed by atoms with van der Waals surface area (Å²) < 4.78 is 6.08. The van der Waals surface area contributed by atoms with Gasteiger partial charge >= 0.3 is 0 Å². The number of hydrogen-bond acceptors (Lipinski definition) is 7. The van der Waals surface area contributed by atoms with E-state index in [1.165, 1.54) is 12.1 Å². The summed E-state index contributed by atoms with van der Waals surface area (Å²) >= 11 is 1.54. The Bertz CT molecular complexity index is 1160. The van der Waals surface area contributed by atoms with Crippen LogP contribution < -0.4 is 4.74 Å². The quantitative estimate of drug-likeness (QED) is 0.326. The van der Waals surface area contributed by atoms with Crippen molar-refractivity contribution in [2.45, 2.75) is 6.54 Å². The first-order chi connectivity index (χ1) is 14.0. The Hall–Kier alpha value is -3.36. The van der Waals surface area contributed by atoms with Crippen LogP contribution in [0.5, 0.6) is 11.6 Å². The van der Waals surface area contributed by atoms with E-state index in [1.807, 2.05) is 49.3 Å². The van der Waals surface area contributed by atoms with Crippen molar-refractivity contribution in [3.63, 3.8) is 0 Å². The standard InChI is InChI=1S/C21H18N4O3S/c1-24(2)12-18-22-20(28-16-10-8-15(9-11-16)25(26)27)19-17(13-29-21(19)23-18)14-6-4-3-5-7-14/h3-11,13H,12H2,1-2H3. The van der Waals surface area contributed by atoms with Gasteiger partial charge in [-0.25, -0.2) is 4.98 Å². The van der Waals surface area contributed by atoms with Crippen LogP contribution in [-0.2, 0) is 6.54 Å². The van der Waals surface area contributed by atoms with Gasteiger partial charge in [0.15, 0.2) is 0 Å². The van der Waals surface area contributed by atoms with E-state index in [9.17, 15) is 10.1 Å². The lowest BCUT2D eigenvalue weighted by Crippen LogP contribution is -2.13. The van der Waals surface area contributed by atoms with Crippen LogP contribution in [-0.4, -0.2) is 33.9 Å². The molecule has 29 heavy (non-hydrogen) atoms. The molecule has 4 rings (SSSR count). The second kappa shape index (κ2) is 7.94. The van der Waals surface area contributed by atoms with E-state index >= 15 is 0 Å². The predicted octanol–water partition coefficient (Wildman–Crippen LogP) is 5.12. The normalized spacial score (nSPS) is 11.1. The fourth-order valence-corrected chi connectivity index (χ4v) is 3.91. The topological polar surface area (TPSA) is 81.4 Å². The molecule has 0 fully saturated rings. The Kier molecular flexibility index (Phi) is 5.20. The minimum atomic E-state index is -0.436. The maximum atomic E-state index is 10.9. The fraction of sp³-hybridized carbons (Fsp3) is 0.143. The van der Waals surface area contributed by atoms with Crippen LogP contribution in [0.4, 0.5) is 5.69 Å². The van der Waals surface area contributed by atoms with E-state index in [0.29, 0.717) is 24.0 Å². The Morgan fingerprint density at radius 1 is 1.07 bits per heavy atom. The number of nitrogens with zero attached hydrogens (tertiary/aromatic N) is 4. The van der Waals surface area contributed by atoms with Crippen molar-refractivity contribution in [1.29, 1.82) is 0 Å². The van der Waals surface area contributed by atoms with Crippen LogP contribution in [0.2, 0.25) is 0 Å². The number of nitro benzene ring substituents is 1. The summed E-state index contributed by atoms with van der Waals surface area (Å²) in [5, 5.41) is 13.8. The van der Waals surface area contributed by atoms with Crippen molar-refractivity contribution in [2.24, 2.45) is 0 Å². The van der Waals surface area contributed by atoms with Gasteiger partial charge in [0.2, 0.25) is 5.88 Å². The smallest absolute Gasteiger partial charge is 0.269 e. The van der Waals surface area contributed by atoms with Crippen LogP contribution >= 0.6 is 11.3 Å². The summed E-state index contributed by atoms with van der Waals surface area (Å²) in [4.78, 5) is 22.6. The number of nitro groups is 1. The lowest BCUT2D eigenvalue weighted by molar-refractivity contribution is -0.384. The number of thiophene rings is 1. The van der Waals surface area contributed by atoms with Gasteiger partial charge in [-0.2, -0.15) is 4.98 Å². The van der Waals surface area contributed by atoms with Crippen LogP contribution in [0.25, 0.3) is 21.3 Å². The highest BCUT2D eigenvalue weighted by molar-refractivity contribution is 7.17. The molecule has 0 bridgehead atoms. The van der Waals surface area contributed by atoms with E-state index in [1.54, 1.807) is 23.5 Å². The van der Waals surface area contributed by atoms with Crippen LogP contribution in [0.3, 0.4) is 0 Å². The first kappa shape index (κ1) is 19.0. The Morgan fingerprint density at radius 2 is 1.79 bits per heavy atom. The number of aromatic nitrogens is 2. The molecule has 2 aromatic carbocycles. The highest BCUT2D eigenvalue weighted by Gasteiger charge is 2.18. The molecule has 0 amide bonds. The summed E-state index contributed by atoms with van der Waals surface area (Å²) in [5.74, 6) is 1.58. The van der Waals surface area contributed by atoms with Gasteiger partial charge in [-0.05, 0) is 31.8 Å². The highest BCUT2D eigenvalue weighted by atomic mass is 32.1. The van der Waals surface area contributed by atoms with E-state index in [0.717, 1.165) is 21.3 Å². The fourth-order valence-electron chi connectivity index (χ4n) is 2.96. The lowest BCUT2D eigenvalue weighted by atomic mass is 10.1. The van der Waals surface area contributed by atoms with E-state index in [-0.39, 0.29) is 5.69 Å². The van der Waals surface area contributed by atoms with Crippen molar-refractivity contribution < 1.29 is 9.66 Å². The molecule has 0 radical (unpaired) electrons. The van der Waals surface area contributed by atoms with Gasteiger partial charge in [-0.15, -0.1) is 11.3 Å². The molecule has 2 aromatic heterocycles. The predicted molar refractivity (Wildman–Crippen MR) is 113 cm³/mol. The Labute approximate surface area is 171 Å². The van der Waals surface area contributed by atoms with Gasteiger partial charge in [-0.1, -0.05) is 30.3 Å². The molecule has 0 N–H and O–H groups in total. The maximum absolute atomic E-state index is 10.9. The van der Waals surface area contributed by atoms with Crippen molar-refractivity contribution in [3.05, 3.63) is 75.9 Å². The minimum Gasteiger partial charge on any atom is -0.438 e. The molecule has 0 atom stereocenters. The molecule has 0 aliphatic rings. The third kappa shape index (κ3) is 4.08. The van der Waals surface area contributed by atoms with Gasteiger partial charge < -0.3 is 9.64 Å². The van der Waals surface area contributed by atoms with Gasteiger partial charge in [0.05, 0.1) is 16.9 Å². The number of rotatable bonds is 6. The SMILES string of the molecule is CN(C)Cc1nc(Oc2ccc([N+](=O)[O-])cc2)c2c(-c3ccccc3)csc2n1. The Morgan fingerprint density at radius 3 is 2.45 bits per heavy atom. The third-order valence-electron chi connectivity index (χ3n) is 4.25. The number of ether oxygens (including phenoxy) is 1. The summed E-state index contributed by atoms with van der Waals surface area (Å²) in [6.07, 6.45) is 0. The molecule has 0 saturated heterocycles. The van der Waals surface area contributed by atoms with Crippen molar-refractivity contribution in [1.82, 2.24) is 14.9 Å². The van der Waals surface area contributed by atoms with Gasteiger partial charge in [0.1, 0.15) is 16.4 Å². The minimum absolute atomic E-state index is 0.0130. The summed E-state index contributed by atoms with van der Waals surface area (Å²) in [6.45, 7) is 0.575. The molecule has 0 aliphatic carbocycles. The first-order valence-electron chi connectivity index (χ1n) is 8.92. The Balaban J connectivity index is 1.82. The van der Waals surface area contributed by atoms with Gasteiger partial charge in [-0.3, -0.25) is 10.1 Å². The molecule has 4 aromatic rings. The van der Waals surface area contributed by atoms with Gasteiger partial charge in [0, 0.05) is 23.1 Å². The van der Waals surface area contributed by atoms with Crippen molar-refractivity contribution >= 4 is 27.2 Å². The number of benzene rings is 2. The average molecular weight is 406 g/mol. The van der Waals surface area contributed by atoms with Crippen LogP contribution in [0, 0.1) is 10.1 Å². The largest absolute Gasteiger partial charge is 0.438 e. The lowest BCUT2D eigenvalue weighted by Gasteiger charge is -2.12. The summed E-state index contributed by atoms with van der Waals surface area (Å²) in [7, 11) is 3.91. The third-order valence-corrected chi connectivity index (χ3v) is 5.12. The zero-order valence-corrected chi connectivity index (χ0v) is 16.7. The molecular weight excluding hydrogens is 388 g/mol. The second-order valence-corrected chi connectivity index (χ2v) is 7.59. The average Bonchev–Trinajstić information content (AvgIpc) is 3.13. The monoisotopic (exact) mass is 406 g/mol. The van der Waals surface area contributed by atoms with E-state index in [4.69, 9.17) is 9.72 Å². The summed E-state index contributed by atoms with van der Waals surface area (Å²) in [6, 6.07) is 16.0. The number of non-ortho nitro benzene ring substituents is 1. The van der Waals surface area contributed by atoms with E-state index in [2.05, 4.69) is 10.4 Å². The molecule has 7 nitrogen and oxygen atoms in total. The van der Waals surface area contributed by atoms with Crippen molar-refractivity contribution in [3.8, 4) is 22.8 Å². The molecular formula is C21H18N4O3S. The zero-order chi connectivity index (χ0) is 20.4. The maximum Gasteiger partial charge on any atom is 0.269 e. The molecule has 2 heterocycles. The highest BCUT2D eigenvalue weighted by Crippen LogP contribution is 2.39. The zero-order valence-electron chi connectivity index (χ0n) is 15.9. The molecule has 0 aliphatic heterocycles. The summed E-state index contributed by atoms with van der Waals surface area (Å²) in [5.41, 5.74) is 2.06. The van der Waals surface area contributed by atoms with Crippen molar-refractivity contribution in [2.75, 3.05) is 14.1 Å². The number of fused-ring (bicyclic) bond motifs is 1. The molecule has 0 spiro atoms. The molecule has 8 heteroatoms. The second-order valence-electron chi connectivity index (χ2n) is 6.73. The van der Waals surface area contributed by atoms with Crippen LogP contribution in [0.1, 0.15) is 5.82 Å². The molecule has 0 unspecified atom stereocenters. The van der Waals surface area contributed by atoms with Gasteiger partial charge in [0.25, 0.3) is 5.69 Å². The molecule has 146 valence electrons. The van der Waals surface area contributed by atoms with Crippen LogP contribution in [0.15, 0.2) is 60.0 Å². The number of hydrogen-bond donors (Lipinski definition) is 0. The molecule has 0 saturated carbocycles. The van der Waals surface area contributed by atoms with E-state index < -0.39 is 4.92 Å². The first-order valence-corrected chi connectivity index (χ1v) is 9.80.